The fraction of sp³-hybridized carbons (Fsp3) is 0.240. The van der Waals surface area contributed by atoms with Crippen LogP contribution in [0.3, 0.4) is 0 Å². The van der Waals surface area contributed by atoms with Gasteiger partial charge in [-0.1, -0.05) is 38.1 Å². The number of carbonyl (C=O) groups is 1. The van der Waals surface area contributed by atoms with Gasteiger partial charge in [0.2, 0.25) is 0 Å². The van der Waals surface area contributed by atoms with Gasteiger partial charge in [0, 0.05) is 6.07 Å². The third-order valence-corrected chi connectivity index (χ3v) is 5.10. The minimum atomic E-state index is -4.49. The van der Waals surface area contributed by atoms with Crippen LogP contribution in [0.15, 0.2) is 60.7 Å². The molecule has 7 heteroatoms. The lowest BCUT2D eigenvalue weighted by atomic mass is 9.86. The van der Waals surface area contributed by atoms with E-state index in [0.717, 1.165) is 30.3 Å². The second-order valence-corrected chi connectivity index (χ2v) is 8.10. The minimum Gasteiger partial charge on any atom is -0.481 e. The summed E-state index contributed by atoms with van der Waals surface area (Å²) in [5.41, 5.74) is 1.03. The van der Waals surface area contributed by atoms with Crippen molar-refractivity contribution in [3.05, 3.63) is 83.4 Å². The Balaban J connectivity index is 2.19. The molecule has 0 fully saturated rings. The van der Waals surface area contributed by atoms with Gasteiger partial charge < -0.3 is 5.11 Å². The number of aliphatic carboxylic acids is 1. The number of halogens is 5. The zero-order valence-electron chi connectivity index (χ0n) is 17.4. The van der Waals surface area contributed by atoms with E-state index in [4.69, 9.17) is 0 Å². The fourth-order valence-electron chi connectivity index (χ4n) is 3.61. The summed E-state index contributed by atoms with van der Waals surface area (Å²) in [5.74, 6) is -3.47. The van der Waals surface area contributed by atoms with E-state index in [2.05, 4.69) is 0 Å². The van der Waals surface area contributed by atoms with Crippen LogP contribution in [-0.2, 0) is 11.0 Å². The number of carboxylic acids is 1. The highest BCUT2D eigenvalue weighted by molar-refractivity contribution is 5.80. The second-order valence-electron chi connectivity index (χ2n) is 8.10. The molecule has 168 valence electrons. The first-order chi connectivity index (χ1) is 14.9. The number of rotatable bonds is 6. The standard InChI is InChI=1S/C25H21F5O2/c1-14(2)7-23(24(31)32)19-9-16(15-3-5-20(6-4-15)25(28,29)30)8-17(10-19)18-11-21(26)13-22(27)12-18/h3-6,8-14,23H,7H2,1-2H3,(H,31,32)/t23-/m1/s1. The van der Waals surface area contributed by atoms with Crippen LogP contribution >= 0.6 is 0 Å². The monoisotopic (exact) mass is 448 g/mol. The number of carboxylic acid groups (broad SMARTS) is 1. The van der Waals surface area contributed by atoms with Crippen molar-refractivity contribution in [3.8, 4) is 22.3 Å². The first-order valence-corrected chi connectivity index (χ1v) is 9.96. The molecular weight excluding hydrogens is 427 g/mol. The molecule has 0 saturated heterocycles. The number of alkyl halides is 3. The van der Waals surface area contributed by atoms with Crippen LogP contribution in [0.5, 0.6) is 0 Å². The van der Waals surface area contributed by atoms with Crippen LogP contribution < -0.4 is 0 Å². The molecule has 0 spiro atoms. The normalized spacial score (nSPS) is 12.8. The Kier molecular flexibility index (Phi) is 6.67. The third-order valence-electron chi connectivity index (χ3n) is 5.10. The van der Waals surface area contributed by atoms with Crippen LogP contribution in [0.4, 0.5) is 22.0 Å². The van der Waals surface area contributed by atoms with Crippen molar-refractivity contribution < 1.29 is 31.9 Å². The highest BCUT2D eigenvalue weighted by Crippen LogP contribution is 2.36. The molecule has 0 amide bonds. The van der Waals surface area contributed by atoms with Gasteiger partial charge in [0.1, 0.15) is 11.6 Å². The summed E-state index contributed by atoms with van der Waals surface area (Å²) in [5, 5.41) is 9.77. The topological polar surface area (TPSA) is 37.3 Å². The summed E-state index contributed by atoms with van der Waals surface area (Å²) in [7, 11) is 0. The van der Waals surface area contributed by atoms with Crippen molar-refractivity contribution in [3.63, 3.8) is 0 Å². The molecular formula is C25H21F5O2. The molecule has 32 heavy (non-hydrogen) atoms. The van der Waals surface area contributed by atoms with E-state index in [1.54, 1.807) is 18.2 Å². The van der Waals surface area contributed by atoms with E-state index >= 15 is 0 Å². The maximum atomic E-state index is 13.8. The van der Waals surface area contributed by atoms with Crippen LogP contribution in [-0.4, -0.2) is 11.1 Å². The first kappa shape index (κ1) is 23.4. The number of benzene rings is 3. The van der Waals surface area contributed by atoms with E-state index in [-0.39, 0.29) is 11.5 Å². The maximum absolute atomic E-state index is 13.8. The molecule has 0 aliphatic rings. The lowest BCUT2D eigenvalue weighted by Crippen LogP contribution is -2.14. The van der Waals surface area contributed by atoms with Crippen molar-refractivity contribution >= 4 is 5.97 Å². The summed E-state index contributed by atoms with van der Waals surface area (Å²) in [4.78, 5) is 11.9. The molecule has 0 radical (unpaired) electrons. The Morgan fingerprint density at radius 3 is 1.78 bits per heavy atom. The predicted molar refractivity (Wildman–Crippen MR) is 112 cm³/mol. The van der Waals surface area contributed by atoms with Gasteiger partial charge in [0.15, 0.2) is 0 Å². The molecule has 1 atom stereocenters. The first-order valence-electron chi connectivity index (χ1n) is 9.96. The average molecular weight is 448 g/mol. The van der Waals surface area contributed by atoms with Crippen LogP contribution in [0.2, 0.25) is 0 Å². The van der Waals surface area contributed by atoms with E-state index in [9.17, 15) is 31.9 Å². The van der Waals surface area contributed by atoms with Gasteiger partial charge in [-0.3, -0.25) is 4.79 Å². The van der Waals surface area contributed by atoms with Crippen LogP contribution in [0.1, 0.15) is 37.3 Å². The zero-order valence-corrected chi connectivity index (χ0v) is 17.4. The highest BCUT2D eigenvalue weighted by atomic mass is 19.4. The van der Waals surface area contributed by atoms with Crippen molar-refractivity contribution in [2.45, 2.75) is 32.4 Å². The predicted octanol–water partition coefficient (Wildman–Crippen LogP) is 7.53. The minimum absolute atomic E-state index is 0.0564. The summed E-state index contributed by atoms with van der Waals surface area (Å²) >= 11 is 0. The SMILES string of the molecule is CC(C)C[C@@H](C(=O)O)c1cc(-c2ccc(C(F)(F)F)cc2)cc(-c2cc(F)cc(F)c2)c1. The van der Waals surface area contributed by atoms with Crippen LogP contribution in [0.25, 0.3) is 22.3 Å². The third kappa shape index (κ3) is 5.52. The summed E-state index contributed by atoms with van der Waals surface area (Å²) < 4.78 is 66.4. The molecule has 3 aromatic rings. The Labute approximate surface area is 182 Å². The largest absolute Gasteiger partial charge is 0.481 e. The van der Waals surface area contributed by atoms with Gasteiger partial charge in [0.25, 0.3) is 0 Å². The van der Waals surface area contributed by atoms with Crippen molar-refractivity contribution in [1.82, 2.24) is 0 Å². The molecule has 0 saturated carbocycles. The van der Waals surface area contributed by atoms with Crippen molar-refractivity contribution in [2.75, 3.05) is 0 Å². The molecule has 0 aliphatic heterocycles. The van der Waals surface area contributed by atoms with Crippen molar-refractivity contribution in [1.29, 1.82) is 0 Å². The zero-order chi connectivity index (χ0) is 23.6. The van der Waals surface area contributed by atoms with Gasteiger partial charge in [0.05, 0.1) is 11.5 Å². The Hall–Kier alpha value is -3.22. The van der Waals surface area contributed by atoms with Gasteiger partial charge in [-0.15, -0.1) is 0 Å². The molecule has 2 nitrogen and oxygen atoms in total. The maximum Gasteiger partial charge on any atom is 0.416 e. The molecule has 3 rings (SSSR count). The van der Waals surface area contributed by atoms with E-state index < -0.39 is 35.3 Å². The lowest BCUT2D eigenvalue weighted by Gasteiger charge is -2.18. The Morgan fingerprint density at radius 1 is 0.812 bits per heavy atom. The van der Waals surface area contributed by atoms with E-state index in [0.29, 0.717) is 28.7 Å². The second kappa shape index (κ2) is 9.10. The summed E-state index contributed by atoms with van der Waals surface area (Å²) in [6.07, 6.45) is -4.17. The molecule has 0 heterocycles. The molecule has 0 bridgehead atoms. The summed E-state index contributed by atoms with van der Waals surface area (Å²) in [6.45, 7) is 3.75. The average Bonchev–Trinajstić information content (AvgIpc) is 2.70. The molecule has 0 aromatic heterocycles. The smallest absolute Gasteiger partial charge is 0.416 e. The van der Waals surface area contributed by atoms with Gasteiger partial charge >= 0.3 is 12.1 Å². The van der Waals surface area contributed by atoms with E-state index in [1.165, 1.54) is 12.1 Å². The summed E-state index contributed by atoms with van der Waals surface area (Å²) in [6, 6.07) is 12.2. The molecule has 0 aliphatic carbocycles. The molecule has 0 unspecified atom stereocenters. The lowest BCUT2D eigenvalue weighted by molar-refractivity contribution is -0.139. The fourth-order valence-corrected chi connectivity index (χ4v) is 3.61. The van der Waals surface area contributed by atoms with E-state index in [1.807, 2.05) is 13.8 Å². The molecule has 3 aromatic carbocycles. The van der Waals surface area contributed by atoms with Gasteiger partial charge in [-0.25, -0.2) is 8.78 Å². The Bertz CT molecular complexity index is 1100. The Morgan fingerprint density at radius 2 is 1.31 bits per heavy atom. The quantitative estimate of drug-likeness (QED) is 0.396. The molecule has 1 N–H and O–H groups in total. The van der Waals surface area contributed by atoms with Gasteiger partial charge in [-0.05, 0) is 70.5 Å². The van der Waals surface area contributed by atoms with Crippen LogP contribution in [0, 0.1) is 17.6 Å². The van der Waals surface area contributed by atoms with Crippen molar-refractivity contribution in [2.24, 2.45) is 5.92 Å². The van der Waals surface area contributed by atoms with Gasteiger partial charge in [-0.2, -0.15) is 13.2 Å². The number of hydrogen-bond donors (Lipinski definition) is 1. The highest BCUT2D eigenvalue weighted by Gasteiger charge is 2.30. The number of hydrogen-bond acceptors (Lipinski definition) is 1.